The molecule has 0 aromatic carbocycles. The van der Waals surface area contributed by atoms with Crippen LogP contribution < -0.4 is 4.90 Å². The second-order valence-corrected chi connectivity index (χ2v) is 7.35. The summed E-state index contributed by atoms with van der Waals surface area (Å²) in [6, 6.07) is 0. The molecule has 1 aromatic rings. The first-order valence-electron chi connectivity index (χ1n) is 8.12. The molecule has 3 rings (SSSR count). The van der Waals surface area contributed by atoms with Crippen LogP contribution in [0.2, 0.25) is 0 Å². The molecular formula is C17H21IN2O5. The lowest BCUT2D eigenvalue weighted by Gasteiger charge is -2.30. The van der Waals surface area contributed by atoms with E-state index >= 15 is 0 Å². The van der Waals surface area contributed by atoms with Crippen LogP contribution in [0.15, 0.2) is 0 Å². The van der Waals surface area contributed by atoms with Gasteiger partial charge in [0.2, 0.25) is 0 Å². The number of aromatic nitrogens is 1. The number of rotatable bonds is 3. The van der Waals surface area contributed by atoms with Crippen LogP contribution in [0, 0.1) is 16.0 Å². The van der Waals surface area contributed by atoms with Gasteiger partial charge in [-0.15, -0.1) is 0 Å². The number of ether oxygens (including phenoxy) is 3. The van der Waals surface area contributed by atoms with Gasteiger partial charge in [0.15, 0.2) is 5.41 Å². The Labute approximate surface area is 160 Å². The highest BCUT2D eigenvalue weighted by atomic mass is 127. The van der Waals surface area contributed by atoms with Crippen molar-refractivity contribution in [1.29, 1.82) is 0 Å². The zero-order chi connectivity index (χ0) is 18.2. The number of pyridine rings is 1. The Morgan fingerprint density at radius 2 is 1.68 bits per heavy atom. The summed E-state index contributed by atoms with van der Waals surface area (Å²) in [6.45, 7) is 4.90. The Bertz CT molecular complexity index is 699. The molecule has 0 spiro atoms. The van der Waals surface area contributed by atoms with Crippen LogP contribution >= 0.6 is 22.6 Å². The summed E-state index contributed by atoms with van der Waals surface area (Å²) in [5.74, 6) is -0.214. The normalized spacial score (nSPS) is 18.6. The molecule has 25 heavy (non-hydrogen) atoms. The molecule has 8 heteroatoms. The number of morpholine rings is 1. The highest BCUT2D eigenvalue weighted by molar-refractivity contribution is 14.1. The summed E-state index contributed by atoms with van der Waals surface area (Å²) in [6.07, 6.45) is 0.542. The number of esters is 2. The fourth-order valence-electron chi connectivity index (χ4n) is 3.66. The fraction of sp³-hybridized carbons (Fsp3) is 0.588. The zero-order valence-electron chi connectivity index (χ0n) is 14.6. The number of methoxy groups -OCH3 is 2. The number of hydrogen-bond acceptors (Lipinski definition) is 7. The molecule has 7 nitrogen and oxygen atoms in total. The highest BCUT2D eigenvalue weighted by Crippen LogP contribution is 2.44. The van der Waals surface area contributed by atoms with Crippen molar-refractivity contribution < 1.29 is 23.8 Å². The zero-order valence-corrected chi connectivity index (χ0v) is 16.7. The van der Waals surface area contributed by atoms with Gasteiger partial charge in [0.05, 0.1) is 27.4 Å². The Kier molecular flexibility index (Phi) is 5.19. The molecule has 1 fully saturated rings. The smallest absolute Gasteiger partial charge is 0.323 e. The minimum atomic E-state index is -1.32. The number of carbonyl (C=O) groups excluding carboxylic acids is 2. The highest BCUT2D eigenvalue weighted by Gasteiger charge is 2.54. The van der Waals surface area contributed by atoms with E-state index in [0.29, 0.717) is 13.2 Å². The molecule has 1 aliphatic heterocycles. The van der Waals surface area contributed by atoms with Gasteiger partial charge in [-0.25, -0.2) is 4.98 Å². The monoisotopic (exact) mass is 460 g/mol. The minimum absolute atomic E-state index is 0.261. The first kappa shape index (κ1) is 18.4. The average molecular weight is 460 g/mol. The summed E-state index contributed by atoms with van der Waals surface area (Å²) >= 11 is 2.18. The first-order valence-corrected chi connectivity index (χ1v) is 9.20. The van der Waals surface area contributed by atoms with Crippen LogP contribution in [0.5, 0.6) is 0 Å². The van der Waals surface area contributed by atoms with Crippen molar-refractivity contribution in [2.75, 3.05) is 45.4 Å². The van der Waals surface area contributed by atoms with E-state index in [4.69, 9.17) is 19.2 Å². The Balaban J connectivity index is 2.05. The van der Waals surface area contributed by atoms with Crippen LogP contribution in [-0.4, -0.2) is 57.4 Å². The van der Waals surface area contributed by atoms with Crippen LogP contribution in [0.4, 0.5) is 5.82 Å². The predicted octanol–water partition coefficient (Wildman–Crippen LogP) is 1.26. The van der Waals surface area contributed by atoms with Crippen LogP contribution in [0.3, 0.4) is 0 Å². The lowest BCUT2D eigenvalue weighted by molar-refractivity contribution is -0.168. The standard InChI is InChI=1S/C17H21IN2O5/c1-10-11-8-17(15(21)23-2,16(22)24-3)9-12(11)13(18)19-14(10)20-4-6-25-7-5-20/h4-9H2,1-3H3. The maximum absolute atomic E-state index is 12.4. The summed E-state index contributed by atoms with van der Waals surface area (Å²) in [7, 11) is 2.59. The maximum Gasteiger partial charge on any atom is 0.323 e. The molecule has 0 saturated carbocycles. The van der Waals surface area contributed by atoms with Gasteiger partial charge in [0.1, 0.15) is 9.52 Å². The SMILES string of the molecule is COC(=O)C1(C(=O)OC)Cc2c(I)nc(N3CCOCC3)c(C)c2C1. The molecule has 0 atom stereocenters. The Morgan fingerprint density at radius 1 is 1.12 bits per heavy atom. The van der Waals surface area contributed by atoms with E-state index < -0.39 is 17.4 Å². The van der Waals surface area contributed by atoms with Crippen molar-refractivity contribution in [2.24, 2.45) is 5.41 Å². The second-order valence-electron chi connectivity index (χ2n) is 6.33. The first-order chi connectivity index (χ1) is 11.9. The predicted molar refractivity (Wildman–Crippen MR) is 98.6 cm³/mol. The summed E-state index contributed by atoms with van der Waals surface area (Å²) in [4.78, 5) is 31.8. The third kappa shape index (κ3) is 2.99. The van der Waals surface area contributed by atoms with Gasteiger partial charge < -0.3 is 19.1 Å². The van der Waals surface area contributed by atoms with E-state index in [1.807, 2.05) is 6.92 Å². The van der Waals surface area contributed by atoms with Crippen molar-refractivity contribution >= 4 is 40.3 Å². The van der Waals surface area contributed by atoms with Crippen LogP contribution in [-0.2, 0) is 36.6 Å². The van der Waals surface area contributed by atoms with Gasteiger partial charge in [0, 0.05) is 25.9 Å². The molecule has 136 valence electrons. The maximum atomic E-state index is 12.4. The molecule has 0 unspecified atom stereocenters. The molecule has 0 amide bonds. The third-order valence-electron chi connectivity index (χ3n) is 5.03. The minimum Gasteiger partial charge on any atom is -0.468 e. The van der Waals surface area contributed by atoms with Gasteiger partial charge in [-0.05, 0) is 46.2 Å². The molecule has 1 saturated heterocycles. The largest absolute Gasteiger partial charge is 0.468 e. The van der Waals surface area contributed by atoms with Crippen molar-refractivity contribution in [3.63, 3.8) is 0 Å². The summed E-state index contributed by atoms with van der Waals surface area (Å²) < 4.78 is 16.1. The number of fused-ring (bicyclic) bond motifs is 1. The lowest BCUT2D eigenvalue weighted by atomic mass is 9.84. The Morgan fingerprint density at radius 3 is 2.24 bits per heavy atom. The topological polar surface area (TPSA) is 78.0 Å². The molecule has 2 heterocycles. The van der Waals surface area contributed by atoms with E-state index in [-0.39, 0.29) is 12.8 Å². The molecule has 0 N–H and O–H groups in total. The molecule has 1 aliphatic carbocycles. The Hall–Kier alpha value is -1.42. The third-order valence-corrected chi connectivity index (χ3v) is 5.92. The van der Waals surface area contributed by atoms with Crippen LogP contribution in [0.25, 0.3) is 0 Å². The number of halogens is 1. The van der Waals surface area contributed by atoms with Crippen molar-refractivity contribution in [3.8, 4) is 0 Å². The molecule has 0 radical (unpaired) electrons. The fourth-order valence-corrected chi connectivity index (χ4v) is 4.41. The number of anilines is 1. The van der Waals surface area contributed by atoms with Gasteiger partial charge in [0.25, 0.3) is 0 Å². The molecular weight excluding hydrogens is 439 g/mol. The summed E-state index contributed by atoms with van der Waals surface area (Å²) in [5, 5.41) is 0. The summed E-state index contributed by atoms with van der Waals surface area (Å²) in [5.41, 5.74) is 1.62. The van der Waals surface area contributed by atoms with Gasteiger partial charge in [-0.1, -0.05) is 0 Å². The molecule has 1 aromatic heterocycles. The van der Waals surface area contributed by atoms with Gasteiger partial charge >= 0.3 is 11.9 Å². The second kappa shape index (κ2) is 7.06. The van der Waals surface area contributed by atoms with E-state index in [1.165, 1.54) is 14.2 Å². The van der Waals surface area contributed by atoms with Crippen molar-refractivity contribution in [2.45, 2.75) is 19.8 Å². The molecule has 2 aliphatic rings. The number of carbonyl (C=O) groups is 2. The lowest BCUT2D eigenvalue weighted by Crippen LogP contribution is -2.42. The van der Waals surface area contributed by atoms with Crippen LogP contribution in [0.1, 0.15) is 16.7 Å². The van der Waals surface area contributed by atoms with Crippen molar-refractivity contribution in [3.05, 3.63) is 20.4 Å². The molecule has 0 bridgehead atoms. The number of hydrogen-bond donors (Lipinski definition) is 0. The van der Waals surface area contributed by atoms with Gasteiger partial charge in [-0.3, -0.25) is 9.59 Å². The van der Waals surface area contributed by atoms with E-state index in [1.54, 1.807) is 0 Å². The number of nitrogens with zero attached hydrogens (tertiary/aromatic N) is 2. The van der Waals surface area contributed by atoms with E-state index in [9.17, 15) is 9.59 Å². The quantitative estimate of drug-likeness (QED) is 0.291. The van der Waals surface area contributed by atoms with E-state index in [0.717, 1.165) is 39.3 Å². The average Bonchev–Trinajstić information content (AvgIpc) is 3.07. The van der Waals surface area contributed by atoms with Gasteiger partial charge in [-0.2, -0.15) is 0 Å². The van der Waals surface area contributed by atoms with E-state index in [2.05, 4.69) is 27.5 Å². The van der Waals surface area contributed by atoms with Crippen molar-refractivity contribution in [1.82, 2.24) is 4.98 Å².